The van der Waals surface area contributed by atoms with Crippen LogP contribution in [0.1, 0.15) is 5.76 Å². The van der Waals surface area contributed by atoms with Gasteiger partial charge >= 0.3 is 5.97 Å². The Morgan fingerprint density at radius 1 is 1.83 bits per heavy atom. The van der Waals surface area contributed by atoms with Crippen LogP contribution < -0.4 is 5.32 Å². The molecule has 0 amide bonds. The molecule has 2 N–H and O–H groups in total. The maximum Gasteiger partial charge on any atom is 0.311 e. The van der Waals surface area contributed by atoms with Crippen molar-refractivity contribution in [2.24, 2.45) is 0 Å². The Morgan fingerprint density at radius 3 is 2.92 bits per heavy atom. The molecule has 0 spiro atoms. The van der Waals surface area contributed by atoms with E-state index in [1.54, 1.807) is 7.05 Å². The fourth-order valence-corrected chi connectivity index (χ4v) is 0.946. The Balaban J connectivity index is 2.87. The van der Waals surface area contributed by atoms with E-state index in [0.717, 1.165) is 0 Å². The van der Waals surface area contributed by atoms with Gasteiger partial charge in [-0.15, -0.1) is 0 Å². The van der Waals surface area contributed by atoms with Crippen molar-refractivity contribution in [1.82, 2.24) is 5.16 Å². The van der Waals surface area contributed by atoms with Crippen LogP contribution in [0.4, 0.5) is 5.82 Å². The lowest BCUT2D eigenvalue weighted by Gasteiger charge is -1.90. The lowest BCUT2D eigenvalue weighted by atomic mass is 10.3. The molecule has 0 unspecified atom stereocenters. The fourth-order valence-electron chi connectivity index (χ4n) is 0.716. The standard InChI is InChI=1S/C6H7ClN2O3/c1-8-6-5(7)3(12-9-6)2-4(10)11/h2H2,1H3,(H,8,9)(H,10,11). The highest BCUT2D eigenvalue weighted by atomic mass is 35.5. The van der Waals surface area contributed by atoms with Crippen molar-refractivity contribution < 1.29 is 14.4 Å². The first kappa shape index (κ1) is 8.86. The molecule has 0 aliphatic carbocycles. The van der Waals surface area contributed by atoms with Crippen molar-refractivity contribution in [2.75, 3.05) is 12.4 Å². The van der Waals surface area contributed by atoms with Gasteiger partial charge in [0.15, 0.2) is 11.6 Å². The Labute approximate surface area is 73.3 Å². The zero-order valence-corrected chi connectivity index (χ0v) is 7.05. The molecule has 0 saturated heterocycles. The first-order valence-corrected chi connectivity index (χ1v) is 3.56. The maximum atomic E-state index is 10.3. The number of anilines is 1. The number of aliphatic carboxylic acids is 1. The molecule has 0 bridgehead atoms. The van der Waals surface area contributed by atoms with E-state index in [2.05, 4.69) is 15.0 Å². The van der Waals surface area contributed by atoms with Gasteiger partial charge in [0.2, 0.25) is 0 Å². The number of halogens is 1. The zero-order chi connectivity index (χ0) is 9.14. The number of hydrogen-bond acceptors (Lipinski definition) is 4. The number of rotatable bonds is 3. The van der Waals surface area contributed by atoms with Gasteiger partial charge in [0.25, 0.3) is 0 Å². The maximum absolute atomic E-state index is 10.3. The number of nitrogens with one attached hydrogen (secondary N) is 1. The van der Waals surface area contributed by atoms with Crippen molar-refractivity contribution in [3.8, 4) is 0 Å². The Bertz CT molecular complexity index is 297. The molecular formula is C6H7ClN2O3. The molecule has 1 aromatic heterocycles. The first-order chi connectivity index (χ1) is 5.65. The monoisotopic (exact) mass is 190 g/mol. The van der Waals surface area contributed by atoms with E-state index in [9.17, 15) is 4.79 Å². The number of carboxylic acids is 1. The van der Waals surface area contributed by atoms with Crippen LogP contribution >= 0.6 is 11.6 Å². The SMILES string of the molecule is CNc1noc(CC(=O)O)c1Cl. The summed E-state index contributed by atoms with van der Waals surface area (Å²) in [5.74, 6) is -0.489. The molecule has 12 heavy (non-hydrogen) atoms. The van der Waals surface area contributed by atoms with Crippen molar-refractivity contribution in [3.05, 3.63) is 10.8 Å². The van der Waals surface area contributed by atoms with Gasteiger partial charge in [-0.05, 0) is 0 Å². The Hall–Kier alpha value is -1.23. The van der Waals surface area contributed by atoms with Gasteiger partial charge in [0, 0.05) is 7.05 Å². The minimum absolute atomic E-state index is 0.161. The van der Waals surface area contributed by atoms with Crippen LogP contribution in [-0.2, 0) is 11.2 Å². The minimum Gasteiger partial charge on any atom is -0.481 e. The molecule has 1 heterocycles. The molecule has 0 aromatic carbocycles. The molecule has 0 radical (unpaired) electrons. The van der Waals surface area contributed by atoms with Gasteiger partial charge in [-0.25, -0.2) is 0 Å². The lowest BCUT2D eigenvalue weighted by Crippen LogP contribution is -1.99. The molecule has 0 fully saturated rings. The van der Waals surface area contributed by atoms with Gasteiger partial charge in [0.05, 0.1) is 0 Å². The van der Waals surface area contributed by atoms with Crippen LogP contribution in [0.25, 0.3) is 0 Å². The van der Waals surface area contributed by atoms with Gasteiger partial charge in [0.1, 0.15) is 11.4 Å². The van der Waals surface area contributed by atoms with Crippen LogP contribution in [0, 0.1) is 0 Å². The summed E-state index contributed by atoms with van der Waals surface area (Å²) in [6, 6.07) is 0. The average molecular weight is 191 g/mol. The molecule has 0 atom stereocenters. The second kappa shape index (κ2) is 3.44. The quantitative estimate of drug-likeness (QED) is 0.744. The largest absolute Gasteiger partial charge is 0.481 e. The first-order valence-electron chi connectivity index (χ1n) is 3.18. The molecule has 6 heteroatoms. The van der Waals surface area contributed by atoms with Crippen molar-refractivity contribution in [3.63, 3.8) is 0 Å². The highest BCUT2D eigenvalue weighted by Gasteiger charge is 2.15. The van der Waals surface area contributed by atoms with Gasteiger partial charge in [-0.2, -0.15) is 0 Å². The molecule has 1 rings (SSSR count). The van der Waals surface area contributed by atoms with Gasteiger partial charge < -0.3 is 14.9 Å². The van der Waals surface area contributed by atoms with E-state index in [0.29, 0.717) is 5.82 Å². The number of hydrogen-bond donors (Lipinski definition) is 2. The summed E-state index contributed by atoms with van der Waals surface area (Å²) in [5.41, 5.74) is 0. The third kappa shape index (κ3) is 1.68. The smallest absolute Gasteiger partial charge is 0.311 e. The van der Waals surface area contributed by atoms with E-state index in [-0.39, 0.29) is 17.2 Å². The van der Waals surface area contributed by atoms with E-state index in [1.165, 1.54) is 0 Å². The molecule has 0 aliphatic heterocycles. The summed E-state index contributed by atoms with van der Waals surface area (Å²) in [6.45, 7) is 0. The van der Waals surface area contributed by atoms with Gasteiger partial charge in [-0.1, -0.05) is 16.8 Å². The predicted octanol–water partition coefficient (Wildman–Crippen LogP) is 0.997. The van der Waals surface area contributed by atoms with Crippen LogP contribution in [0.3, 0.4) is 0 Å². The summed E-state index contributed by atoms with van der Waals surface area (Å²) in [6.07, 6.45) is -0.256. The van der Waals surface area contributed by atoms with E-state index >= 15 is 0 Å². The fraction of sp³-hybridized carbons (Fsp3) is 0.333. The van der Waals surface area contributed by atoms with Crippen molar-refractivity contribution in [2.45, 2.75) is 6.42 Å². The van der Waals surface area contributed by atoms with Crippen LogP contribution in [0.5, 0.6) is 0 Å². The zero-order valence-electron chi connectivity index (χ0n) is 6.30. The second-order valence-electron chi connectivity index (χ2n) is 2.09. The molecular weight excluding hydrogens is 184 g/mol. The third-order valence-electron chi connectivity index (χ3n) is 1.25. The number of nitrogens with zero attached hydrogens (tertiary/aromatic N) is 1. The molecule has 0 aliphatic rings. The van der Waals surface area contributed by atoms with Crippen molar-refractivity contribution in [1.29, 1.82) is 0 Å². The summed E-state index contributed by atoms with van der Waals surface area (Å²) < 4.78 is 4.67. The van der Waals surface area contributed by atoms with Crippen LogP contribution in [-0.4, -0.2) is 23.3 Å². The van der Waals surface area contributed by atoms with Crippen LogP contribution in [0.2, 0.25) is 5.02 Å². The molecule has 5 nitrogen and oxygen atoms in total. The highest BCUT2D eigenvalue weighted by Crippen LogP contribution is 2.24. The predicted molar refractivity (Wildman–Crippen MR) is 42.4 cm³/mol. The Kier molecular flexibility index (Phi) is 2.54. The van der Waals surface area contributed by atoms with E-state index in [1.807, 2.05) is 0 Å². The van der Waals surface area contributed by atoms with E-state index < -0.39 is 5.97 Å². The average Bonchev–Trinajstić information content (AvgIpc) is 2.32. The van der Waals surface area contributed by atoms with E-state index in [4.69, 9.17) is 16.7 Å². The second-order valence-corrected chi connectivity index (χ2v) is 2.47. The highest BCUT2D eigenvalue weighted by molar-refractivity contribution is 6.33. The summed E-state index contributed by atoms with van der Waals surface area (Å²) >= 11 is 5.69. The number of carboxylic acid groups (broad SMARTS) is 1. The topological polar surface area (TPSA) is 75.4 Å². The van der Waals surface area contributed by atoms with Gasteiger partial charge in [-0.3, -0.25) is 4.79 Å². The lowest BCUT2D eigenvalue weighted by molar-refractivity contribution is -0.136. The normalized spacial score (nSPS) is 9.83. The van der Waals surface area contributed by atoms with Crippen molar-refractivity contribution >= 4 is 23.4 Å². The van der Waals surface area contributed by atoms with Crippen LogP contribution in [0.15, 0.2) is 4.52 Å². The molecule has 66 valence electrons. The summed E-state index contributed by atoms with van der Waals surface area (Å²) in [7, 11) is 1.62. The summed E-state index contributed by atoms with van der Waals surface area (Å²) in [4.78, 5) is 10.3. The Morgan fingerprint density at radius 2 is 2.50 bits per heavy atom. The minimum atomic E-state index is -1.00. The summed E-state index contributed by atoms with van der Waals surface area (Å²) in [5, 5.41) is 14.8. The molecule has 1 aromatic rings. The number of carbonyl (C=O) groups is 1. The number of aromatic nitrogens is 1. The third-order valence-corrected chi connectivity index (χ3v) is 1.64. The molecule has 0 saturated carbocycles.